The van der Waals surface area contributed by atoms with Gasteiger partial charge in [-0.3, -0.25) is 4.99 Å². The maximum Gasteiger partial charge on any atom is 0.195 e. The summed E-state index contributed by atoms with van der Waals surface area (Å²) in [4.78, 5) is 4.42. The average Bonchev–Trinajstić information content (AvgIpc) is 2.83. The predicted octanol–water partition coefficient (Wildman–Crippen LogP) is 2.81. The fourth-order valence-corrected chi connectivity index (χ4v) is 3.02. The topological polar surface area (TPSA) is 36.4 Å². The zero-order valence-electron chi connectivity index (χ0n) is 11.2. The second-order valence-corrected chi connectivity index (χ2v) is 5.46. The number of rotatable bonds is 1. The van der Waals surface area contributed by atoms with Crippen molar-refractivity contribution in [3.05, 3.63) is 28.8 Å². The number of hydrogen-bond donors (Lipinski definition) is 2. The van der Waals surface area contributed by atoms with E-state index in [1.54, 1.807) is 0 Å². The van der Waals surface area contributed by atoms with E-state index in [0.717, 1.165) is 19.0 Å². The van der Waals surface area contributed by atoms with E-state index in [4.69, 9.17) is 0 Å². The van der Waals surface area contributed by atoms with Crippen molar-refractivity contribution in [2.75, 3.05) is 18.4 Å². The molecular weight excluding hydrogens is 222 g/mol. The van der Waals surface area contributed by atoms with Crippen molar-refractivity contribution < 1.29 is 0 Å². The van der Waals surface area contributed by atoms with Crippen molar-refractivity contribution in [2.45, 2.75) is 39.0 Å². The zero-order valence-corrected chi connectivity index (χ0v) is 11.2. The van der Waals surface area contributed by atoms with Gasteiger partial charge in [-0.25, -0.2) is 0 Å². The predicted molar refractivity (Wildman–Crippen MR) is 76.5 cm³/mol. The number of hydrogen-bond acceptors (Lipinski definition) is 3. The molecule has 0 bridgehead atoms. The van der Waals surface area contributed by atoms with Crippen LogP contribution in [0.2, 0.25) is 0 Å². The molecule has 3 nitrogen and oxygen atoms in total. The Morgan fingerprint density at radius 1 is 1.39 bits per heavy atom. The molecule has 1 aliphatic carbocycles. The second-order valence-electron chi connectivity index (χ2n) is 5.46. The number of benzene rings is 1. The number of guanidine groups is 1. The minimum Gasteiger partial charge on any atom is -0.354 e. The van der Waals surface area contributed by atoms with Crippen molar-refractivity contribution in [1.82, 2.24) is 5.32 Å². The van der Waals surface area contributed by atoms with Crippen molar-refractivity contribution in [1.29, 1.82) is 0 Å². The molecule has 1 atom stereocenters. The molecule has 3 rings (SSSR count). The molecule has 0 saturated heterocycles. The molecule has 1 aromatic rings. The molecular formula is C15H21N3. The van der Waals surface area contributed by atoms with Crippen LogP contribution >= 0.6 is 0 Å². The van der Waals surface area contributed by atoms with Crippen LogP contribution in [0.3, 0.4) is 0 Å². The van der Waals surface area contributed by atoms with Gasteiger partial charge in [-0.1, -0.05) is 13.0 Å². The number of anilines is 1. The summed E-state index contributed by atoms with van der Waals surface area (Å²) < 4.78 is 0. The Kier molecular flexibility index (Phi) is 2.98. The molecule has 0 fully saturated rings. The van der Waals surface area contributed by atoms with E-state index in [1.807, 2.05) is 0 Å². The molecule has 1 heterocycles. The van der Waals surface area contributed by atoms with E-state index < -0.39 is 0 Å². The molecule has 1 aliphatic heterocycles. The minimum absolute atomic E-state index is 0.688. The van der Waals surface area contributed by atoms with Gasteiger partial charge in [0.05, 0.1) is 6.54 Å². The van der Waals surface area contributed by atoms with Crippen LogP contribution in [0.1, 0.15) is 42.4 Å². The Labute approximate surface area is 109 Å². The van der Waals surface area contributed by atoms with Crippen LogP contribution in [0.4, 0.5) is 5.69 Å². The van der Waals surface area contributed by atoms with Crippen LogP contribution in [0.25, 0.3) is 0 Å². The highest BCUT2D eigenvalue weighted by molar-refractivity contribution is 5.95. The summed E-state index contributed by atoms with van der Waals surface area (Å²) in [5.41, 5.74) is 5.62. The lowest BCUT2D eigenvalue weighted by atomic mass is 9.82. The quantitative estimate of drug-likeness (QED) is 0.795. The highest BCUT2D eigenvalue weighted by Gasteiger charge is 2.20. The van der Waals surface area contributed by atoms with E-state index >= 15 is 0 Å². The van der Waals surface area contributed by atoms with E-state index in [9.17, 15) is 0 Å². The summed E-state index contributed by atoms with van der Waals surface area (Å²) in [6.07, 6.45) is 3.80. The Morgan fingerprint density at radius 3 is 3.06 bits per heavy atom. The number of fused-ring (bicyclic) bond motifs is 1. The maximum absolute atomic E-state index is 4.42. The third-order valence-electron chi connectivity index (χ3n) is 3.95. The van der Waals surface area contributed by atoms with Crippen LogP contribution in [0.15, 0.2) is 17.1 Å². The largest absolute Gasteiger partial charge is 0.354 e. The first-order chi connectivity index (χ1) is 8.74. The molecule has 0 amide bonds. The van der Waals surface area contributed by atoms with Gasteiger partial charge in [0.25, 0.3) is 0 Å². The van der Waals surface area contributed by atoms with Gasteiger partial charge in [0.1, 0.15) is 0 Å². The Morgan fingerprint density at radius 2 is 2.28 bits per heavy atom. The van der Waals surface area contributed by atoms with Gasteiger partial charge in [-0.15, -0.1) is 0 Å². The Bertz CT molecular complexity index is 491. The van der Waals surface area contributed by atoms with E-state index in [1.165, 1.54) is 41.6 Å². The fourth-order valence-electron chi connectivity index (χ4n) is 3.02. The van der Waals surface area contributed by atoms with Crippen molar-refractivity contribution >= 4 is 11.6 Å². The molecule has 2 N–H and O–H groups in total. The summed E-state index contributed by atoms with van der Waals surface area (Å²) in [6.45, 7) is 6.35. The normalized spacial score (nSPS) is 22.1. The standard InChI is InChI=1S/C15H21N3/c1-10-8-13-11(2)4-3-5-12(13)14(9-10)18-15-16-6-7-17-15/h8-9,11H,3-7H2,1-2H3,(H2,16,17,18). The molecule has 0 spiro atoms. The monoisotopic (exact) mass is 243 g/mol. The molecule has 18 heavy (non-hydrogen) atoms. The Hall–Kier alpha value is -1.51. The summed E-state index contributed by atoms with van der Waals surface area (Å²) in [7, 11) is 0. The summed E-state index contributed by atoms with van der Waals surface area (Å²) in [5, 5.41) is 6.75. The van der Waals surface area contributed by atoms with Crippen molar-refractivity contribution in [3.8, 4) is 0 Å². The van der Waals surface area contributed by atoms with Gasteiger partial charge in [-0.05, 0) is 54.9 Å². The number of aryl methyl sites for hydroxylation is 1. The van der Waals surface area contributed by atoms with Crippen molar-refractivity contribution in [3.63, 3.8) is 0 Å². The maximum atomic E-state index is 4.42. The number of nitrogens with one attached hydrogen (secondary N) is 2. The third kappa shape index (κ3) is 2.09. The number of aliphatic imine (C=N–C) groups is 1. The van der Waals surface area contributed by atoms with Crippen LogP contribution < -0.4 is 10.6 Å². The summed E-state index contributed by atoms with van der Waals surface area (Å²) >= 11 is 0. The van der Waals surface area contributed by atoms with Crippen molar-refractivity contribution in [2.24, 2.45) is 4.99 Å². The molecule has 1 unspecified atom stereocenters. The highest BCUT2D eigenvalue weighted by Crippen LogP contribution is 2.36. The smallest absolute Gasteiger partial charge is 0.195 e. The first kappa shape index (κ1) is 11.6. The molecule has 0 saturated carbocycles. The first-order valence-corrected chi connectivity index (χ1v) is 6.93. The van der Waals surface area contributed by atoms with E-state index in [0.29, 0.717) is 5.92 Å². The highest BCUT2D eigenvalue weighted by atomic mass is 15.2. The molecule has 96 valence electrons. The average molecular weight is 243 g/mol. The van der Waals surface area contributed by atoms with Gasteiger partial charge in [0.15, 0.2) is 5.96 Å². The molecule has 3 heteroatoms. The van der Waals surface area contributed by atoms with Crippen LogP contribution in [0, 0.1) is 6.92 Å². The van der Waals surface area contributed by atoms with Crippen LogP contribution in [-0.4, -0.2) is 19.0 Å². The lowest BCUT2D eigenvalue weighted by Crippen LogP contribution is -2.27. The van der Waals surface area contributed by atoms with Crippen LogP contribution in [-0.2, 0) is 6.42 Å². The van der Waals surface area contributed by atoms with Crippen LogP contribution in [0.5, 0.6) is 0 Å². The first-order valence-electron chi connectivity index (χ1n) is 6.93. The molecule has 0 aromatic heterocycles. The third-order valence-corrected chi connectivity index (χ3v) is 3.95. The molecule has 0 radical (unpaired) electrons. The zero-order chi connectivity index (χ0) is 12.5. The fraction of sp³-hybridized carbons (Fsp3) is 0.533. The van der Waals surface area contributed by atoms with E-state index in [-0.39, 0.29) is 0 Å². The summed E-state index contributed by atoms with van der Waals surface area (Å²) in [5.74, 6) is 1.62. The minimum atomic E-state index is 0.688. The second kappa shape index (κ2) is 4.63. The van der Waals surface area contributed by atoms with Gasteiger partial charge in [-0.2, -0.15) is 0 Å². The SMILES string of the molecule is Cc1cc(NC2=NCCN2)c2c(c1)C(C)CCC2. The Balaban J connectivity index is 1.97. The van der Waals surface area contributed by atoms with Gasteiger partial charge < -0.3 is 10.6 Å². The number of nitrogens with zero attached hydrogens (tertiary/aromatic N) is 1. The van der Waals surface area contributed by atoms with Gasteiger partial charge in [0.2, 0.25) is 0 Å². The van der Waals surface area contributed by atoms with E-state index in [2.05, 4.69) is 41.6 Å². The lowest BCUT2D eigenvalue weighted by Gasteiger charge is -2.26. The lowest BCUT2D eigenvalue weighted by molar-refractivity contribution is 0.591. The molecule has 2 aliphatic rings. The molecule has 1 aromatic carbocycles. The summed E-state index contributed by atoms with van der Waals surface area (Å²) in [6, 6.07) is 4.60. The van der Waals surface area contributed by atoms with Gasteiger partial charge in [0, 0.05) is 12.2 Å². The van der Waals surface area contributed by atoms with Gasteiger partial charge >= 0.3 is 0 Å².